The first-order valence-electron chi connectivity index (χ1n) is 6.87. The highest BCUT2D eigenvalue weighted by Gasteiger charge is 2.28. The lowest BCUT2D eigenvalue weighted by Crippen LogP contribution is -2.36. The van der Waals surface area contributed by atoms with Crippen molar-refractivity contribution in [2.75, 3.05) is 12.8 Å². The second-order valence-corrected chi connectivity index (χ2v) is 6.36. The molecule has 2 rings (SSSR count). The molecule has 1 aliphatic rings. The molecule has 1 aromatic rings. The summed E-state index contributed by atoms with van der Waals surface area (Å²) in [5, 5.41) is 0. The van der Waals surface area contributed by atoms with Crippen LogP contribution < -0.4 is 5.73 Å². The molecule has 3 heteroatoms. The first kappa shape index (κ1) is 13.3. The molecule has 0 atom stereocenters. The van der Waals surface area contributed by atoms with Gasteiger partial charge in [-0.05, 0) is 44.2 Å². The fourth-order valence-corrected chi connectivity index (χ4v) is 2.81. The van der Waals surface area contributed by atoms with Crippen molar-refractivity contribution in [3.63, 3.8) is 0 Å². The minimum Gasteiger partial charge on any atom is -0.383 e. The Morgan fingerprint density at radius 2 is 2.06 bits per heavy atom. The quantitative estimate of drug-likeness (QED) is 0.892. The Morgan fingerprint density at radius 1 is 1.39 bits per heavy atom. The molecule has 18 heavy (non-hydrogen) atoms. The Bertz CT molecular complexity index is 390. The van der Waals surface area contributed by atoms with Crippen LogP contribution in [0.25, 0.3) is 0 Å². The molecule has 1 saturated carbocycles. The topological polar surface area (TPSA) is 42.2 Å². The van der Waals surface area contributed by atoms with Gasteiger partial charge in [-0.2, -0.15) is 0 Å². The first-order valence-corrected chi connectivity index (χ1v) is 6.87. The number of hydrogen-bond donors (Lipinski definition) is 1. The van der Waals surface area contributed by atoms with Gasteiger partial charge in [0.05, 0.1) is 0 Å². The van der Waals surface area contributed by atoms with Crippen LogP contribution in [0.15, 0.2) is 18.3 Å². The first-order chi connectivity index (χ1) is 8.48. The minimum absolute atomic E-state index is 0.532. The van der Waals surface area contributed by atoms with Gasteiger partial charge in [-0.25, -0.2) is 4.98 Å². The molecule has 0 spiro atoms. The summed E-state index contributed by atoms with van der Waals surface area (Å²) < 4.78 is 0. The predicted octanol–water partition coefficient (Wildman–Crippen LogP) is 3.06. The van der Waals surface area contributed by atoms with Crippen molar-refractivity contribution >= 4 is 5.82 Å². The second kappa shape index (κ2) is 5.27. The van der Waals surface area contributed by atoms with Gasteiger partial charge < -0.3 is 5.73 Å². The van der Waals surface area contributed by atoms with Crippen LogP contribution in [0.5, 0.6) is 0 Å². The lowest BCUT2D eigenvalue weighted by molar-refractivity contribution is 0.123. The van der Waals surface area contributed by atoms with Crippen molar-refractivity contribution < 1.29 is 0 Å². The van der Waals surface area contributed by atoms with Gasteiger partial charge in [-0.1, -0.05) is 19.9 Å². The number of nitrogen functional groups attached to an aromatic ring is 1. The third-order valence-electron chi connectivity index (χ3n) is 4.28. The molecule has 1 fully saturated rings. The average molecular weight is 247 g/mol. The van der Waals surface area contributed by atoms with E-state index in [1.807, 2.05) is 6.07 Å². The number of nitrogens with zero attached hydrogens (tertiary/aromatic N) is 2. The van der Waals surface area contributed by atoms with Gasteiger partial charge >= 0.3 is 0 Å². The molecule has 3 nitrogen and oxygen atoms in total. The highest BCUT2D eigenvalue weighted by molar-refractivity contribution is 5.38. The Labute approximate surface area is 110 Å². The largest absolute Gasteiger partial charge is 0.383 e. The SMILES string of the molecule is CN(Cc1cccnc1N)C1CCC(C)(C)CC1. The average Bonchev–Trinajstić information content (AvgIpc) is 2.32. The number of nitrogens with two attached hydrogens (primary N) is 1. The molecule has 1 heterocycles. The molecule has 0 bridgehead atoms. The van der Waals surface area contributed by atoms with Crippen LogP contribution in [0.2, 0.25) is 0 Å². The van der Waals surface area contributed by atoms with E-state index in [1.54, 1.807) is 6.20 Å². The molecule has 2 N–H and O–H groups in total. The zero-order valence-electron chi connectivity index (χ0n) is 11.8. The lowest BCUT2D eigenvalue weighted by Gasteiger charge is -2.38. The summed E-state index contributed by atoms with van der Waals surface area (Å²) >= 11 is 0. The van der Waals surface area contributed by atoms with Crippen LogP contribution >= 0.6 is 0 Å². The van der Waals surface area contributed by atoms with E-state index in [9.17, 15) is 0 Å². The van der Waals surface area contributed by atoms with E-state index in [1.165, 1.54) is 25.7 Å². The van der Waals surface area contributed by atoms with E-state index in [4.69, 9.17) is 5.73 Å². The van der Waals surface area contributed by atoms with Crippen LogP contribution in [0, 0.1) is 5.41 Å². The molecule has 100 valence electrons. The smallest absolute Gasteiger partial charge is 0.127 e. The molecule has 0 saturated heterocycles. The molecule has 1 aromatic heterocycles. The van der Waals surface area contributed by atoms with E-state index < -0.39 is 0 Å². The Hall–Kier alpha value is -1.09. The number of hydrogen-bond acceptors (Lipinski definition) is 3. The van der Waals surface area contributed by atoms with E-state index in [0.717, 1.165) is 12.1 Å². The van der Waals surface area contributed by atoms with Gasteiger partial charge in [0, 0.05) is 24.3 Å². The third-order valence-corrected chi connectivity index (χ3v) is 4.28. The Morgan fingerprint density at radius 3 is 2.67 bits per heavy atom. The number of aromatic nitrogens is 1. The second-order valence-electron chi connectivity index (χ2n) is 6.36. The van der Waals surface area contributed by atoms with Crippen molar-refractivity contribution in [1.82, 2.24) is 9.88 Å². The summed E-state index contributed by atoms with van der Waals surface area (Å²) in [4.78, 5) is 6.58. The van der Waals surface area contributed by atoms with Crippen molar-refractivity contribution in [2.24, 2.45) is 5.41 Å². The Kier molecular flexibility index (Phi) is 3.91. The summed E-state index contributed by atoms with van der Waals surface area (Å²) in [6, 6.07) is 4.73. The highest BCUT2D eigenvalue weighted by Crippen LogP contribution is 2.36. The molecule has 0 amide bonds. The monoisotopic (exact) mass is 247 g/mol. The summed E-state index contributed by atoms with van der Waals surface area (Å²) in [5.74, 6) is 0.667. The van der Waals surface area contributed by atoms with Crippen molar-refractivity contribution in [3.8, 4) is 0 Å². The van der Waals surface area contributed by atoms with Crippen LogP contribution in [-0.2, 0) is 6.54 Å². The maximum Gasteiger partial charge on any atom is 0.127 e. The van der Waals surface area contributed by atoms with Gasteiger partial charge in [0.1, 0.15) is 5.82 Å². The molecule has 0 radical (unpaired) electrons. The van der Waals surface area contributed by atoms with Crippen LogP contribution in [0.4, 0.5) is 5.82 Å². The molecular formula is C15H25N3. The van der Waals surface area contributed by atoms with Crippen molar-refractivity contribution in [1.29, 1.82) is 0 Å². The molecule has 0 unspecified atom stereocenters. The van der Waals surface area contributed by atoms with Crippen LogP contribution in [0.1, 0.15) is 45.1 Å². The standard InChI is InChI=1S/C15H25N3/c1-15(2)8-6-13(7-9-15)18(3)11-12-5-4-10-17-14(12)16/h4-5,10,13H,6-9,11H2,1-3H3,(H2,16,17). The summed E-state index contributed by atoms with van der Waals surface area (Å²) in [6.45, 7) is 5.66. The molecule has 0 aliphatic heterocycles. The van der Waals surface area contributed by atoms with E-state index in [0.29, 0.717) is 17.3 Å². The third kappa shape index (κ3) is 3.22. The number of rotatable bonds is 3. The van der Waals surface area contributed by atoms with Crippen LogP contribution in [0.3, 0.4) is 0 Å². The molecule has 1 aliphatic carbocycles. The van der Waals surface area contributed by atoms with Gasteiger partial charge in [0.25, 0.3) is 0 Å². The fourth-order valence-electron chi connectivity index (χ4n) is 2.81. The van der Waals surface area contributed by atoms with Gasteiger partial charge in [0.2, 0.25) is 0 Å². The maximum atomic E-state index is 5.90. The van der Waals surface area contributed by atoms with E-state index in [2.05, 4.69) is 36.8 Å². The minimum atomic E-state index is 0.532. The van der Waals surface area contributed by atoms with E-state index in [-0.39, 0.29) is 0 Å². The van der Waals surface area contributed by atoms with E-state index >= 15 is 0 Å². The summed E-state index contributed by atoms with van der Waals surface area (Å²) in [5.41, 5.74) is 7.58. The maximum absolute atomic E-state index is 5.90. The molecular weight excluding hydrogens is 222 g/mol. The number of pyridine rings is 1. The zero-order chi connectivity index (χ0) is 13.2. The lowest BCUT2D eigenvalue weighted by atomic mass is 9.75. The summed E-state index contributed by atoms with van der Waals surface area (Å²) in [7, 11) is 2.20. The fraction of sp³-hybridized carbons (Fsp3) is 0.667. The van der Waals surface area contributed by atoms with Crippen molar-refractivity contribution in [2.45, 2.75) is 52.1 Å². The zero-order valence-corrected chi connectivity index (χ0v) is 11.8. The number of anilines is 1. The van der Waals surface area contributed by atoms with Crippen LogP contribution in [-0.4, -0.2) is 23.0 Å². The highest BCUT2D eigenvalue weighted by atomic mass is 15.1. The van der Waals surface area contributed by atoms with Crippen molar-refractivity contribution in [3.05, 3.63) is 23.9 Å². The predicted molar refractivity (Wildman–Crippen MR) is 76.2 cm³/mol. The normalized spacial score (nSPS) is 20.2. The van der Waals surface area contributed by atoms with Gasteiger partial charge in [-0.15, -0.1) is 0 Å². The summed E-state index contributed by atoms with van der Waals surface area (Å²) in [6.07, 6.45) is 6.99. The molecule has 0 aromatic carbocycles. The van der Waals surface area contributed by atoms with Gasteiger partial charge in [-0.3, -0.25) is 4.90 Å². The van der Waals surface area contributed by atoms with Gasteiger partial charge in [0.15, 0.2) is 0 Å². The Balaban J connectivity index is 1.93.